The molecule has 1 amide bonds. The van der Waals surface area contributed by atoms with Crippen molar-refractivity contribution in [2.75, 3.05) is 19.6 Å². The lowest BCUT2D eigenvalue weighted by Crippen LogP contribution is -2.36. The van der Waals surface area contributed by atoms with Crippen molar-refractivity contribution in [2.45, 2.75) is 25.9 Å². The number of fused-ring (bicyclic) bond motifs is 1. The second-order valence-electron chi connectivity index (χ2n) is 7.64. The monoisotopic (exact) mass is 362 g/mol. The van der Waals surface area contributed by atoms with Crippen molar-refractivity contribution < 1.29 is 4.79 Å². The van der Waals surface area contributed by atoms with Gasteiger partial charge in [0.05, 0.1) is 17.7 Å². The first-order valence-corrected chi connectivity index (χ1v) is 9.42. The summed E-state index contributed by atoms with van der Waals surface area (Å²) < 4.78 is 1.77. The van der Waals surface area contributed by atoms with Crippen molar-refractivity contribution in [1.82, 2.24) is 29.4 Å². The van der Waals surface area contributed by atoms with Crippen molar-refractivity contribution in [3.8, 4) is 0 Å². The van der Waals surface area contributed by atoms with Crippen LogP contribution < -0.4 is 0 Å². The molecule has 7 heteroatoms. The van der Waals surface area contributed by atoms with Gasteiger partial charge in [0.1, 0.15) is 6.33 Å². The fourth-order valence-electron chi connectivity index (χ4n) is 4.42. The van der Waals surface area contributed by atoms with Gasteiger partial charge in [-0.25, -0.2) is 9.50 Å². The maximum Gasteiger partial charge on any atom is 0.230 e. The highest BCUT2D eigenvalue weighted by atomic mass is 16.2. The Morgan fingerprint density at radius 2 is 2.00 bits per heavy atom. The molecule has 2 saturated heterocycles. The van der Waals surface area contributed by atoms with E-state index in [1.165, 1.54) is 5.56 Å². The van der Waals surface area contributed by atoms with Gasteiger partial charge < -0.3 is 4.90 Å². The molecule has 2 aliphatic heterocycles. The predicted molar refractivity (Wildman–Crippen MR) is 99.6 cm³/mol. The van der Waals surface area contributed by atoms with Crippen LogP contribution in [0.3, 0.4) is 0 Å². The molecule has 5 rings (SSSR count). The highest BCUT2D eigenvalue weighted by molar-refractivity contribution is 5.85. The second-order valence-corrected chi connectivity index (χ2v) is 7.64. The van der Waals surface area contributed by atoms with E-state index in [-0.39, 0.29) is 5.41 Å². The molecule has 3 aromatic rings. The van der Waals surface area contributed by atoms with Crippen molar-refractivity contribution in [3.05, 3.63) is 60.3 Å². The van der Waals surface area contributed by atoms with Gasteiger partial charge in [-0.1, -0.05) is 6.07 Å². The number of carbonyl (C=O) groups excluding carboxylic acids is 1. The number of rotatable bonds is 4. The molecule has 2 aliphatic rings. The number of pyridine rings is 2. The summed E-state index contributed by atoms with van der Waals surface area (Å²) in [4.78, 5) is 26.1. The SMILES string of the molecule is O=C1N(Cc2ccccn2)CCC12CCN(Cc1ccn3ncnc3c1)C2. The van der Waals surface area contributed by atoms with Crippen molar-refractivity contribution in [3.63, 3.8) is 0 Å². The first kappa shape index (κ1) is 16.4. The molecule has 1 spiro atoms. The van der Waals surface area contributed by atoms with E-state index >= 15 is 0 Å². The topological polar surface area (TPSA) is 66.6 Å². The molecular formula is C20H22N6O. The van der Waals surface area contributed by atoms with Crippen LogP contribution in [-0.2, 0) is 17.9 Å². The smallest absolute Gasteiger partial charge is 0.230 e. The quantitative estimate of drug-likeness (QED) is 0.707. The molecule has 7 nitrogen and oxygen atoms in total. The van der Waals surface area contributed by atoms with E-state index in [0.29, 0.717) is 12.5 Å². The van der Waals surface area contributed by atoms with Gasteiger partial charge in [0.25, 0.3) is 0 Å². The standard InChI is InChI=1S/C20H22N6O/c27-19-20(6-10-25(19)13-17-3-1-2-7-21-17)5-9-24(14-20)12-16-4-8-26-18(11-16)22-15-23-26/h1-4,7-8,11,15H,5-6,9-10,12-14H2. The molecule has 1 unspecified atom stereocenters. The maximum atomic E-state index is 13.1. The summed E-state index contributed by atoms with van der Waals surface area (Å²) in [5, 5.41) is 4.14. The molecule has 0 N–H and O–H groups in total. The van der Waals surface area contributed by atoms with E-state index in [1.54, 1.807) is 17.0 Å². The highest BCUT2D eigenvalue weighted by Gasteiger charge is 2.50. The van der Waals surface area contributed by atoms with E-state index in [2.05, 4.69) is 32.1 Å². The normalized spacial score (nSPS) is 23.1. The molecular weight excluding hydrogens is 340 g/mol. The Morgan fingerprint density at radius 1 is 1.07 bits per heavy atom. The number of aromatic nitrogens is 4. The Labute approximate surface area is 157 Å². The number of amides is 1. The Kier molecular flexibility index (Phi) is 3.89. The zero-order valence-corrected chi connectivity index (χ0v) is 15.2. The van der Waals surface area contributed by atoms with Crippen LogP contribution >= 0.6 is 0 Å². The summed E-state index contributed by atoms with van der Waals surface area (Å²) in [6.07, 6.45) is 7.18. The van der Waals surface area contributed by atoms with Gasteiger partial charge in [0, 0.05) is 32.0 Å². The molecule has 0 aromatic carbocycles. The lowest BCUT2D eigenvalue weighted by atomic mass is 9.85. The van der Waals surface area contributed by atoms with Crippen LogP contribution in [0.25, 0.3) is 5.65 Å². The van der Waals surface area contributed by atoms with Crippen molar-refractivity contribution in [1.29, 1.82) is 0 Å². The van der Waals surface area contributed by atoms with Gasteiger partial charge in [-0.15, -0.1) is 0 Å². The van der Waals surface area contributed by atoms with Gasteiger partial charge in [-0.3, -0.25) is 14.7 Å². The van der Waals surface area contributed by atoms with Crippen LogP contribution in [0.2, 0.25) is 0 Å². The fourth-order valence-corrected chi connectivity index (χ4v) is 4.42. The molecule has 5 heterocycles. The van der Waals surface area contributed by atoms with Crippen LogP contribution in [0.5, 0.6) is 0 Å². The van der Waals surface area contributed by atoms with Gasteiger partial charge in [0.15, 0.2) is 5.65 Å². The molecule has 0 bridgehead atoms. The van der Waals surface area contributed by atoms with E-state index in [9.17, 15) is 4.79 Å². The largest absolute Gasteiger partial charge is 0.336 e. The third kappa shape index (κ3) is 2.98. The summed E-state index contributed by atoms with van der Waals surface area (Å²) in [6, 6.07) is 10.0. The third-order valence-electron chi connectivity index (χ3n) is 5.86. The Morgan fingerprint density at radius 3 is 2.89 bits per heavy atom. The number of likely N-dealkylation sites (tertiary alicyclic amines) is 2. The summed E-state index contributed by atoms with van der Waals surface area (Å²) in [5.74, 6) is 0.295. The molecule has 138 valence electrons. The molecule has 0 saturated carbocycles. The summed E-state index contributed by atoms with van der Waals surface area (Å²) in [7, 11) is 0. The van der Waals surface area contributed by atoms with Gasteiger partial charge >= 0.3 is 0 Å². The average molecular weight is 362 g/mol. The number of carbonyl (C=O) groups is 1. The van der Waals surface area contributed by atoms with E-state index in [1.807, 2.05) is 29.3 Å². The summed E-state index contributed by atoms with van der Waals surface area (Å²) in [6.45, 7) is 4.09. The van der Waals surface area contributed by atoms with Crippen LogP contribution in [0.15, 0.2) is 49.1 Å². The molecule has 3 aromatic heterocycles. The van der Waals surface area contributed by atoms with Crippen molar-refractivity contribution in [2.24, 2.45) is 5.41 Å². The van der Waals surface area contributed by atoms with Gasteiger partial charge in [0.2, 0.25) is 5.91 Å². The van der Waals surface area contributed by atoms with Gasteiger partial charge in [-0.05, 0) is 49.2 Å². The second kappa shape index (κ2) is 6.42. The zero-order valence-electron chi connectivity index (χ0n) is 15.2. The molecule has 27 heavy (non-hydrogen) atoms. The van der Waals surface area contributed by atoms with E-state index < -0.39 is 0 Å². The Balaban J connectivity index is 1.26. The summed E-state index contributed by atoms with van der Waals surface area (Å²) in [5.41, 5.74) is 2.82. The van der Waals surface area contributed by atoms with Crippen LogP contribution in [0.4, 0.5) is 0 Å². The summed E-state index contributed by atoms with van der Waals surface area (Å²) >= 11 is 0. The first-order valence-electron chi connectivity index (χ1n) is 9.42. The van der Waals surface area contributed by atoms with E-state index in [4.69, 9.17) is 0 Å². The van der Waals surface area contributed by atoms with Crippen LogP contribution in [0.1, 0.15) is 24.1 Å². The molecule has 0 aliphatic carbocycles. The fraction of sp³-hybridized carbons (Fsp3) is 0.400. The Bertz CT molecular complexity index is 971. The molecule has 2 fully saturated rings. The highest BCUT2D eigenvalue weighted by Crippen LogP contribution is 2.41. The maximum absolute atomic E-state index is 13.1. The minimum atomic E-state index is -0.215. The third-order valence-corrected chi connectivity index (χ3v) is 5.86. The number of nitrogens with zero attached hydrogens (tertiary/aromatic N) is 6. The van der Waals surface area contributed by atoms with Gasteiger partial charge in [-0.2, -0.15) is 5.10 Å². The van der Waals surface area contributed by atoms with Crippen LogP contribution in [-0.4, -0.2) is 54.9 Å². The minimum Gasteiger partial charge on any atom is -0.336 e. The minimum absolute atomic E-state index is 0.215. The van der Waals surface area contributed by atoms with E-state index in [0.717, 1.165) is 50.4 Å². The Hall–Kier alpha value is -2.80. The first-order chi connectivity index (χ1) is 13.2. The number of hydrogen-bond acceptors (Lipinski definition) is 5. The lowest BCUT2D eigenvalue weighted by Gasteiger charge is -2.23. The number of hydrogen-bond donors (Lipinski definition) is 0. The zero-order chi connectivity index (χ0) is 18.3. The van der Waals surface area contributed by atoms with Crippen molar-refractivity contribution >= 4 is 11.6 Å². The average Bonchev–Trinajstić information content (AvgIpc) is 3.39. The molecule has 0 radical (unpaired) electrons. The lowest BCUT2D eigenvalue weighted by molar-refractivity contribution is -0.136. The molecule has 1 atom stereocenters. The predicted octanol–water partition coefficient (Wildman–Crippen LogP) is 1.75. The van der Waals surface area contributed by atoms with Crippen LogP contribution in [0, 0.1) is 5.41 Å².